The minimum atomic E-state index is -0.0909. The molecule has 1 saturated heterocycles. The fourth-order valence-electron chi connectivity index (χ4n) is 3.87. The molecule has 1 atom stereocenters. The van der Waals surface area contributed by atoms with Gasteiger partial charge in [-0.3, -0.25) is 9.88 Å². The first-order valence-corrected chi connectivity index (χ1v) is 8.77. The van der Waals surface area contributed by atoms with E-state index in [1.54, 1.807) is 0 Å². The normalized spacial score (nSPS) is 22.8. The molecule has 0 bridgehead atoms. The summed E-state index contributed by atoms with van der Waals surface area (Å²) in [4.78, 5) is 6.71. The third-order valence-corrected chi connectivity index (χ3v) is 4.99. The number of nitrogens with one attached hydrogen (secondary N) is 1. The number of ether oxygens (including phenoxy) is 1. The van der Waals surface area contributed by atoms with E-state index in [9.17, 15) is 0 Å². The summed E-state index contributed by atoms with van der Waals surface area (Å²) in [5.41, 5.74) is 3.88. The maximum absolute atomic E-state index is 6.26. The molecular weight excluding hydrogens is 298 g/mol. The lowest BCUT2D eigenvalue weighted by Gasteiger charge is -2.36. The van der Waals surface area contributed by atoms with Crippen molar-refractivity contribution in [3.63, 3.8) is 0 Å². The van der Waals surface area contributed by atoms with Crippen LogP contribution in [0.4, 0.5) is 0 Å². The van der Waals surface area contributed by atoms with Crippen molar-refractivity contribution in [2.45, 2.75) is 38.5 Å². The second-order valence-electron chi connectivity index (χ2n) is 7.41. The highest BCUT2D eigenvalue weighted by molar-refractivity contribution is 5.45. The lowest BCUT2D eigenvalue weighted by Crippen LogP contribution is -2.45. The lowest BCUT2D eigenvalue weighted by atomic mass is 9.99. The van der Waals surface area contributed by atoms with E-state index in [2.05, 4.69) is 59.4 Å². The standard InChI is InChI=1S/C20H25N3O/c1-20(2)12-16-4-3-5-17(19(16)24-20)14-23-11-10-22-13-18(23)15-6-8-21-9-7-15/h3-9,18,22H,10-14H2,1-2H3. The number of nitrogens with zero attached hydrogens (tertiary/aromatic N) is 2. The quantitative estimate of drug-likeness (QED) is 0.942. The molecule has 4 nitrogen and oxygen atoms in total. The summed E-state index contributed by atoms with van der Waals surface area (Å²) < 4.78 is 6.26. The fourth-order valence-corrected chi connectivity index (χ4v) is 3.87. The van der Waals surface area contributed by atoms with Crippen LogP contribution >= 0.6 is 0 Å². The van der Waals surface area contributed by atoms with Crippen LogP contribution in [-0.2, 0) is 13.0 Å². The number of para-hydroxylation sites is 1. The van der Waals surface area contributed by atoms with Crippen LogP contribution in [0.15, 0.2) is 42.7 Å². The van der Waals surface area contributed by atoms with Gasteiger partial charge in [-0.15, -0.1) is 0 Å². The van der Waals surface area contributed by atoms with Gasteiger partial charge in [0.05, 0.1) is 0 Å². The Hall–Kier alpha value is -1.91. The Morgan fingerprint density at radius 1 is 1.25 bits per heavy atom. The van der Waals surface area contributed by atoms with Crippen molar-refractivity contribution >= 4 is 0 Å². The van der Waals surface area contributed by atoms with Gasteiger partial charge < -0.3 is 10.1 Å². The molecule has 0 radical (unpaired) electrons. The van der Waals surface area contributed by atoms with Gasteiger partial charge >= 0.3 is 0 Å². The van der Waals surface area contributed by atoms with E-state index in [-0.39, 0.29) is 5.60 Å². The molecule has 1 N–H and O–H groups in total. The van der Waals surface area contributed by atoms with Gasteiger partial charge in [0.2, 0.25) is 0 Å². The number of piperazine rings is 1. The van der Waals surface area contributed by atoms with E-state index in [4.69, 9.17) is 4.74 Å². The van der Waals surface area contributed by atoms with Gasteiger partial charge in [-0.1, -0.05) is 18.2 Å². The summed E-state index contributed by atoms with van der Waals surface area (Å²) in [5.74, 6) is 1.11. The minimum Gasteiger partial charge on any atom is -0.487 e. The molecule has 4 heteroatoms. The molecule has 1 unspecified atom stereocenters. The number of benzene rings is 1. The average Bonchev–Trinajstić information content (AvgIpc) is 2.91. The van der Waals surface area contributed by atoms with Crippen LogP contribution in [0.2, 0.25) is 0 Å². The molecule has 1 aromatic carbocycles. The highest BCUT2D eigenvalue weighted by Crippen LogP contribution is 2.38. The van der Waals surface area contributed by atoms with Crippen LogP contribution in [-0.4, -0.2) is 35.1 Å². The number of pyridine rings is 1. The molecule has 3 heterocycles. The third kappa shape index (κ3) is 3.04. The maximum Gasteiger partial charge on any atom is 0.127 e. The zero-order valence-corrected chi connectivity index (χ0v) is 14.5. The van der Waals surface area contributed by atoms with Gasteiger partial charge in [0.1, 0.15) is 11.4 Å². The van der Waals surface area contributed by atoms with Crippen LogP contribution in [0.25, 0.3) is 0 Å². The Kier molecular flexibility index (Phi) is 4.02. The first-order chi connectivity index (χ1) is 11.6. The molecule has 2 aliphatic rings. The van der Waals surface area contributed by atoms with Gasteiger partial charge in [-0.25, -0.2) is 0 Å². The Morgan fingerprint density at radius 2 is 2.08 bits per heavy atom. The SMILES string of the molecule is CC1(C)Cc2cccc(CN3CCNCC3c3ccncc3)c2O1. The lowest BCUT2D eigenvalue weighted by molar-refractivity contribution is 0.128. The van der Waals surface area contributed by atoms with E-state index in [0.29, 0.717) is 6.04 Å². The van der Waals surface area contributed by atoms with Crippen LogP contribution < -0.4 is 10.1 Å². The highest BCUT2D eigenvalue weighted by atomic mass is 16.5. The topological polar surface area (TPSA) is 37.4 Å². The fraction of sp³-hybridized carbons (Fsp3) is 0.450. The van der Waals surface area contributed by atoms with Crippen molar-refractivity contribution in [1.29, 1.82) is 0 Å². The molecule has 0 amide bonds. The van der Waals surface area contributed by atoms with Crippen molar-refractivity contribution in [3.8, 4) is 5.75 Å². The zero-order valence-electron chi connectivity index (χ0n) is 14.5. The maximum atomic E-state index is 6.26. The Bertz CT molecular complexity index is 714. The molecule has 2 aliphatic heterocycles. The van der Waals surface area contributed by atoms with Crippen molar-refractivity contribution in [2.24, 2.45) is 0 Å². The largest absolute Gasteiger partial charge is 0.487 e. The summed E-state index contributed by atoms with van der Waals surface area (Å²) in [6, 6.07) is 11.2. The van der Waals surface area contributed by atoms with Gasteiger partial charge in [-0.2, -0.15) is 0 Å². The second kappa shape index (κ2) is 6.19. The average molecular weight is 323 g/mol. The number of aromatic nitrogens is 1. The molecule has 2 aromatic rings. The molecule has 24 heavy (non-hydrogen) atoms. The smallest absolute Gasteiger partial charge is 0.127 e. The van der Waals surface area contributed by atoms with Crippen LogP contribution in [0.1, 0.15) is 36.6 Å². The summed E-state index contributed by atoms with van der Waals surface area (Å²) in [5, 5.41) is 3.52. The number of hydrogen-bond donors (Lipinski definition) is 1. The zero-order chi connectivity index (χ0) is 16.6. The van der Waals surface area contributed by atoms with E-state index >= 15 is 0 Å². The second-order valence-corrected chi connectivity index (χ2v) is 7.41. The van der Waals surface area contributed by atoms with Crippen LogP contribution in [0, 0.1) is 0 Å². The minimum absolute atomic E-state index is 0.0909. The number of rotatable bonds is 3. The van der Waals surface area contributed by atoms with Crippen molar-refractivity contribution in [2.75, 3.05) is 19.6 Å². The number of hydrogen-bond acceptors (Lipinski definition) is 4. The van der Waals surface area contributed by atoms with E-state index < -0.39 is 0 Å². The third-order valence-electron chi connectivity index (χ3n) is 4.99. The highest BCUT2D eigenvalue weighted by Gasteiger charge is 2.32. The van der Waals surface area contributed by atoms with Gasteiger partial charge in [0.25, 0.3) is 0 Å². The Morgan fingerprint density at radius 3 is 2.92 bits per heavy atom. The molecule has 0 spiro atoms. The van der Waals surface area contributed by atoms with Crippen LogP contribution in [0.3, 0.4) is 0 Å². The van der Waals surface area contributed by atoms with Gasteiger partial charge in [0.15, 0.2) is 0 Å². The van der Waals surface area contributed by atoms with Crippen molar-refractivity contribution in [3.05, 3.63) is 59.4 Å². The molecular formula is C20H25N3O. The number of fused-ring (bicyclic) bond motifs is 1. The van der Waals surface area contributed by atoms with E-state index in [1.165, 1.54) is 16.7 Å². The summed E-state index contributed by atoms with van der Waals surface area (Å²) in [6.45, 7) is 8.31. The van der Waals surface area contributed by atoms with Crippen molar-refractivity contribution < 1.29 is 4.74 Å². The first kappa shape index (κ1) is 15.6. The Balaban J connectivity index is 1.60. The first-order valence-electron chi connectivity index (χ1n) is 8.77. The molecule has 4 rings (SSSR count). The van der Waals surface area contributed by atoms with Gasteiger partial charge in [-0.05, 0) is 37.1 Å². The van der Waals surface area contributed by atoms with E-state index in [0.717, 1.165) is 38.3 Å². The molecule has 0 saturated carbocycles. The van der Waals surface area contributed by atoms with Crippen molar-refractivity contribution in [1.82, 2.24) is 15.2 Å². The predicted molar refractivity (Wildman–Crippen MR) is 95.1 cm³/mol. The summed E-state index contributed by atoms with van der Waals surface area (Å²) in [7, 11) is 0. The Labute approximate surface area is 143 Å². The van der Waals surface area contributed by atoms with Crippen LogP contribution in [0.5, 0.6) is 5.75 Å². The molecule has 126 valence electrons. The monoisotopic (exact) mass is 323 g/mol. The summed E-state index contributed by atoms with van der Waals surface area (Å²) in [6.07, 6.45) is 4.76. The van der Waals surface area contributed by atoms with Gasteiger partial charge in [0, 0.05) is 56.6 Å². The summed E-state index contributed by atoms with van der Waals surface area (Å²) >= 11 is 0. The molecule has 1 fully saturated rings. The predicted octanol–water partition coefficient (Wildman–Crippen LogP) is 2.94. The molecule has 1 aromatic heterocycles. The van der Waals surface area contributed by atoms with E-state index in [1.807, 2.05) is 12.4 Å². The molecule has 0 aliphatic carbocycles.